The molecule has 0 radical (unpaired) electrons. The van der Waals surface area contributed by atoms with E-state index < -0.39 is 29.2 Å². The summed E-state index contributed by atoms with van der Waals surface area (Å²) < 4.78 is 3.97. The second-order valence-corrected chi connectivity index (χ2v) is 9.09. The number of halogens is 2. The molecule has 2 atom stereocenters. The summed E-state index contributed by atoms with van der Waals surface area (Å²) in [5, 5.41) is 15.7. The minimum atomic E-state index is -1.21. The zero-order valence-electron chi connectivity index (χ0n) is 15.7. The minimum absolute atomic E-state index is 0.0972. The molecule has 1 fully saturated rings. The molecule has 0 bridgehead atoms. The van der Waals surface area contributed by atoms with Crippen LogP contribution in [0.2, 0.25) is 10.0 Å². The van der Waals surface area contributed by atoms with Crippen molar-refractivity contribution in [3.63, 3.8) is 0 Å². The van der Waals surface area contributed by atoms with E-state index in [2.05, 4.69) is 19.8 Å². The van der Waals surface area contributed by atoms with Crippen molar-refractivity contribution in [2.45, 2.75) is 11.4 Å². The van der Waals surface area contributed by atoms with Gasteiger partial charge >= 0.3 is 5.97 Å². The highest BCUT2D eigenvalue weighted by atomic mass is 35.5. The molecule has 2 aromatic rings. The molecule has 2 aliphatic heterocycles. The Morgan fingerprint density at radius 1 is 1.34 bits per heavy atom. The van der Waals surface area contributed by atoms with Crippen molar-refractivity contribution < 1.29 is 24.3 Å². The van der Waals surface area contributed by atoms with Gasteiger partial charge in [-0.1, -0.05) is 28.4 Å². The second-order valence-electron chi connectivity index (χ2n) is 6.34. The summed E-state index contributed by atoms with van der Waals surface area (Å²) in [6.07, 6.45) is 1.44. The monoisotopic (exact) mass is 514 g/mol. The van der Waals surface area contributed by atoms with Gasteiger partial charge in [0.05, 0.1) is 10.0 Å². The van der Waals surface area contributed by atoms with E-state index in [-0.39, 0.29) is 33.1 Å². The first-order chi connectivity index (χ1) is 15.3. The summed E-state index contributed by atoms with van der Waals surface area (Å²) in [7, 11) is 0. The summed E-state index contributed by atoms with van der Waals surface area (Å²) in [4.78, 5) is 47.1. The fourth-order valence-electron chi connectivity index (χ4n) is 2.89. The number of amides is 2. The molecule has 32 heavy (non-hydrogen) atoms. The van der Waals surface area contributed by atoms with E-state index >= 15 is 0 Å². The number of nitrogen functional groups attached to an aromatic ring is 1. The van der Waals surface area contributed by atoms with Crippen molar-refractivity contribution in [3.8, 4) is 5.75 Å². The summed E-state index contributed by atoms with van der Waals surface area (Å²) >= 11 is 14.0. The Labute approximate surface area is 198 Å². The third-order valence-electron chi connectivity index (χ3n) is 4.35. The molecule has 11 nitrogen and oxygen atoms in total. The number of fused-ring (bicyclic) bond motifs is 1. The lowest BCUT2D eigenvalue weighted by atomic mass is 10.0. The van der Waals surface area contributed by atoms with Crippen LogP contribution in [-0.4, -0.2) is 60.0 Å². The number of carboxylic acids is 1. The summed E-state index contributed by atoms with van der Waals surface area (Å²) in [5.74, 6) is -2.09. The van der Waals surface area contributed by atoms with Gasteiger partial charge in [0.15, 0.2) is 10.9 Å². The van der Waals surface area contributed by atoms with Crippen LogP contribution in [0.5, 0.6) is 5.75 Å². The number of hydrogen-bond acceptors (Lipinski definition) is 10. The van der Waals surface area contributed by atoms with E-state index in [1.165, 1.54) is 36.0 Å². The zero-order chi connectivity index (χ0) is 23.0. The van der Waals surface area contributed by atoms with E-state index in [4.69, 9.17) is 33.8 Å². The maximum atomic E-state index is 12.9. The Kier molecular flexibility index (Phi) is 6.24. The molecule has 1 saturated heterocycles. The van der Waals surface area contributed by atoms with E-state index in [0.29, 0.717) is 10.8 Å². The predicted molar refractivity (Wildman–Crippen MR) is 119 cm³/mol. The Morgan fingerprint density at radius 2 is 2.12 bits per heavy atom. The van der Waals surface area contributed by atoms with Crippen molar-refractivity contribution in [1.82, 2.24) is 19.6 Å². The van der Waals surface area contributed by atoms with Crippen molar-refractivity contribution in [2.75, 3.05) is 11.5 Å². The van der Waals surface area contributed by atoms with E-state index in [0.717, 1.165) is 16.4 Å². The summed E-state index contributed by atoms with van der Waals surface area (Å²) in [6.45, 7) is 0. The predicted octanol–water partition coefficient (Wildman–Crippen LogP) is 1.58. The number of thioether (sulfide) groups is 1. The van der Waals surface area contributed by atoms with Crippen molar-refractivity contribution in [2.24, 2.45) is 5.16 Å². The number of nitrogens with two attached hydrogens (primary N) is 1. The van der Waals surface area contributed by atoms with Crippen LogP contribution in [-0.2, 0) is 14.4 Å². The Hall–Kier alpha value is -2.87. The summed E-state index contributed by atoms with van der Waals surface area (Å²) in [6, 6.07) is 3.42. The molecule has 2 amide bonds. The molecule has 2 aliphatic rings. The lowest BCUT2D eigenvalue weighted by molar-refractivity contribution is -0.150. The van der Waals surface area contributed by atoms with Gasteiger partial charge in [-0.05, 0) is 18.2 Å². The standard InChI is InChI=1S/C17H12Cl2N6O5S2/c18-7-2-1-6(5-8(7)19)30-23-10(12-22-17(20)32-24-12)13(26)21-11-14(27)25-9(16(28)29)3-4-31-15(11)25/h1-3,5,11,15H,4H2,(H,21,26)(H,28,29)(H2,20,22,24)/t11?,15-/m0/s1. The fraction of sp³-hybridized carbons (Fsp3) is 0.176. The molecule has 1 unspecified atom stereocenters. The number of nitrogens with zero attached hydrogens (tertiary/aromatic N) is 4. The van der Waals surface area contributed by atoms with Crippen molar-refractivity contribution in [1.29, 1.82) is 0 Å². The van der Waals surface area contributed by atoms with Gasteiger partial charge in [-0.15, -0.1) is 11.8 Å². The van der Waals surface area contributed by atoms with Crippen LogP contribution in [0.25, 0.3) is 0 Å². The van der Waals surface area contributed by atoms with E-state index in [1.54, 1.807) is 0 Å². The fourth-order valence-corrected chi connectivity index (χ4v) is 4.81. The van der Waals surface area contributed by atoms with E-state index in [1.807, 2.05) is 0 Å². The number of carbonyl (C=O) groups is 3. The lowest BCUT2D eigenvalue weighted by Crippen LogP contribution is -2.70. The molecule has 0 aliphatic carbocycles. The molecule has 3 heterocycles. The number of carboxylic acid groups (broad SMARTS) is 1. The van der Waals surface area contributed by atoms with Crippen molar-refractivity contribution >= 4 is 75.1 Å². The number of nitrogens with one attached hydrogen (secondary N) is 1. The molecular weight excluding hydrogens is 503 g/mol. The Balaban J connectivity index is 1.55. The van der Waals surface area contributed by atoms with Gasteiger partial charge in [0.1, 0.15) is 17.1 Å². The highest BCUT2D eigenvalue weighted by Crippen LogP contribution is 2.37. The number of oxime groups is 1. The van der Waals surface area contributed by atoms with Crippen LogP contribution in [0.3, 0.4) is 0 Å². The van der Waals surface area contributed by atoms with Gasteiger partial charge in [-0.3, -0.25) is 14.5 Å². The zero-order valence-corrected chi connectivity index (χ0v) is 18.8. The normalized spacial score (nSPS) is 20.2. The molecule has 4 N–H and O–H groups in total. The molecule has 1 aromatic heterocycles. The first-order valence-electron chi connectivity index (χ1n) is 8.75. The molecule has 1 aromatic carbocycles. The van der Waals surface area contributed by atoms with Crippen LogP contribution in [0.4, 0.5) is 5.13 Å². The number of anilines is 1. The first kappa shape index (κ1) is 22.3. The maximum Gasteiger partial charge on any atom is 0.352 e. The number of benzene rings is 1. The van der Waals surface area contributed by atoms with Gasteiger partial charge in [-0.2, -0.15) is 9.36 Å². The molecule has 166 valence electrons. The molecule has 0 saturated carbocycles. The molecule has 15 heteroatoms. The number of aromatic nitrogens is 2. The van der Waals surface area contributed by atoms with Crippen LogP contribution >= 0.6 is 46.5 Å². The topological polar surface area (TPSA) is 160 Å². The highest BCUT2D eigenvalue weighted by molar-refractivity contribution is 8.00. The molecule has 0 spiro atoms. The lowest BCUT2D eigenvalue weighted by Gasteiger charge is -2.48. The van der Waals surface area contributed by atoms with Gasteiger partial charge in [0, 0.05) is 23.4 Å². The number of hydrogen-bond donors (Lipinski definition) is 3. The number of rotatable bonds is 6. The minimum Gasteiger partial charge on any atom is -0.477 e. The Morgan fingerprint density at radius 3 is 2.78 bits per heavy atom. The third-order valence-corrected chi connectivity index (χ3v) is 6.82. The number of β-lactam (4-membered cyclic amide) rings is 1. The Bertz CT molecular complexity index is 1190. The number of aliphatic carboxylic acids is 1. The van der Waals surface area contributed by atoms with Crippen LogP contribution < -0.4 is 15.9 Å². The van der Waals surface area contributed by atoms with Gasteiger partial charge in [0.25, 0.3) is 11.8 Å². The van der Waals surface area contributed by atoms with Gasteiger partial charge in [0.2, 0.25) is 11.5 Å². The van der Waals surface area contributed by atoms with Gasteiger partial charge < -0.3 is 21.0 Å². The second kappa shape index (κ2) is 8.94. The smallest absolute Gasteiger partial charge is 0.352 e. The quantitative estimate of drug-likeness (QED) is 0.295. The SMILES string of the molecule is Nc1nc(C(=NOc2ccc(Cl)c(Cl)c2)C(=O)NC2C(=O)N3C(C(=O)O)=CCS[C@@H]23)ns1. The number of carbonyl (C=O) groups excluding carboxylic acids is 2. The first-order valence-corrected chi connectivity index (χ1v) is 11.3. The maximum absolute atomic E-state index is 12.9. The highest BCUT2D eigenvalue weighted by Gasteiger charge is 2.53. The average molecular weight is 515 g/mol. The van der Waals surface area contributed by atoms with Crippen LogP contribution in [0.1, 0.15) is 5.82 Å². The van der Waals surface area contributed by atoms with Crippen molar-refractivity contribution in [3.05, 3.63) is 45.8 Å². The van der Waals surface area contributed by atoms with Gasteiger partial charge in [-0.25, -0.2) is 4.79 Å². The van der Waals surface area contributed by atoms with Crippen LogP contribution in [0.15, 0.2) is 35.1 Å². The largest absolute Gasteiger partial charge is 0.477 e. The average Bonchev–Trinajstić information content (AvgIpc) is 3.19. The molecule has 4 rings (SSSR count). The third kappa shape index (κ3) is 4.24. The van der Waals surface area contributed by atoms with E-state index in [9.17, 15) is 19.5 Å². The summed E-state index contributed by atoms with van der Waals surface area (Å²) in [5.41, 5.74) is 5.17. The van der Waals surface area contributed by atoms with Crippen LogP contribution in [0, 0.1) is 0 Å². The molecular formula is C17H12Cl2N6O5S2.